The van der Waals surface area contributed by atoms with Crippen LogP contribution >= 0.6 is 0 Å². The van der Waals surface area contributed by atoms with Crippen molar-refractivity contribution in [1.82, 2.24) is 0 Å². The summed E-state index contributed by atoms with van der Waals surface area (Å²) in [5, 5.41) is 5.33. The molecule has 2 unspecified atom stereocenters. The summed E-state index contributed by atoms with van der Waals surface area (Å²) in [5.74, 6) is 0. The number of rotatable bonds is 6. The molecule has 0 radical (unpaired) electrons. The topological polar surface area (TPSA) is 0 Å². The van der Waals surface area contributed by atoms with Gasteiger partial charge in [0.2, 0.25) is 0 Å². The minimum atomic E-state index is -2.40. The molecule has 0 saturated carbocycles. The van der Waals surface area contributed by atoms with Gasteiger partial charge in [0.25, 0.3) is 0 Å². The average molecular weight is 843 g/mol. The minimum Gasteiger partial charge on any atom is -1.00 e. The summed E-state index contributed by atoms with van der Waals surface area (Å²) < 4.78 is 1.16. The van der Waals surface area contributed by atoms with E-state index in [2.05, 4.69) is 188 Å². The van der Waals surface area contributed by atoms with Gasteiger partial charge in [-0.15, -0.1) is 0 Å². The molecule has 0 amide bonds. The molecule has 0 saturated heterocycles. The van der Waals surface area contributed by atoms with Gasteiger partial charge in [-0.2, -0.15) is 0 Å². The van der Waals surface area contributed by atoms with Crippen molar-refractivity contribution in [3.05, 3.63) is 155 Å². The molecule has 0 spiro atoms. The zero-order chi connectivity index (χ0) is 36.4. The first-order valence-electron chi connectivity index (χ1n) is 19.2. The zero-order valence-electron chi connectivity index (χ0n) is 33.0. The van der Waals surface area contributed by atoms with E-state index < -0.39 is 25.8 Å². The van der Waals surface area contributed by atoms with Crippen LogP contribution in [0, 0.1) is 10.8 Å². The molecule has 0 nitrogen and oxygen atoms in total. The van der Waals surface area contributed by atoms with Gasteiger partial charge in [-0.3, -0.25) is 0 Å². The SMILES string of the molecule is C[Si](C)=[Zr+2]([CH]1C(CC(C)(C)C)=Cc2c(-c3cccc4ccccc34)cccc21)[CH]1C(CC(C)(C)C)=Cc2c(-c3cccc4ccccc34)cccc21.[Cl-].[Cl-]. The Labute approximate surface area is 344 Å². The predicted octanol–water partition coefficient (Wildman–Crippen LogP) is 8.65. The molecular weight excluding hydrogens is 791 g/mol. The van der Waals surface area contributed by atoms with Crippen molar-refractivity contribution in [2.75, 3.05) is 0 Å². The Morgan fingerprint density at radius 1 is 0.463 bits per heavy atom. The number of benzene rings is 6. The summed E-state index contributed by atoms with van der Waals surface area (Å²) >= 11 is -2.40. The van der Waals surface area contributed by atoms with Gasteiger partial charge in [-0.25, -0.2) is 0 Å². The fraction of sp³-hybridized carbons (Fsp3) is 0.280. The first-order valence-corrected chi connectivity index (χ1v) is 28.2. The maximum atomic E-state index is 2.68. The van der Waals surface area contributed by atoms with Crippen LogP contribution in [-0.2, 0) is 20.4 Å². The Kier molecular flexibility index (Phi) is 11.9. The Morgan fingerprint density at radius 2 is 0.815 bits per heavy atom. The molecule has 0 heterocycles. The first-order chi connectivity index (χ1) is 24.9. The van der Waals surface area contributed by atoms with E-state index in [9.17, 15) is 0 Å². The fourth-order valence-corrected chi connectivity index (χ4v) is 29.6. The molecule has 0 aromatic heterocycles. The van der Waals surface area contributed by atoms with Gasteiger partial charge in [0.1, 0.15) is 0 Å². The summed E-state index contributed by atoms with van der Waals surface area (Å²) in [6.07, 6.45) is 7.66. The molecule has 0 fully saturated rings. The van der Waals surface area contributed by atoms with Crippen LogP contribution in [0.25, 0.3) is 56.0 Å². The van der Waals surface area contributed by atoms with Crippen molar-refractivity contribution in [1.29, 1.82) is 0 Å². The summed E-state index contributed by atoms with van der Waals surface area (Å²) in [7, 11) is 0. The van der Waals surface area contributed by atoms with Crippen molar-refractivity contribution in [3.63, 3.8) is 0 Å². The van der Waals surface area contributed by atoms with Gasteiger partial charge in [0.05, 0.1) is 0 Å². The van der Waals surface area contributed by atoms with Crippen LogP contribution in [0.5, 0.6) is 0 Å². The van der Waals surface area contributed by atoms with Crippen molar-refractivity contribution >= 4 is 39.1 Å². The molecular formula is C50H52Cl2SiZr. The van der Waals surface area contributed by atoms with E-state index in [1.54, 1.807) is 22.3 Å². The predicted molar refractivity (Wildman–Crippen MR) is 226 cm³/mol. The van der Waals surface area contributed by atoms with Gasteiger partial charge in [-0.05, 0) is 0 Å². The van der Waals surface area contributed by atoms with Crippen LogP contribution in [0.2, 0.25) is 13.1 Å². The molecule has 4 heteroatoms. The second kappa shape index (κ2) is 15.9. The molecule has 0 aliphatic heterocycles. The van der Waals surface area contributed by atoms with Gasteiger partial charge in [0, 0.05) is 0 Å². The summed E-state index contributed by atoms with van der Waals surface area (Å²) in [6, 6.07) is 46.2. The molecule has 2 aliphatic carbocycles. The molecule has 2 atom stereocenters. The Balaban J connectivity index is 0.00000249. The van der Waals surface area contributed by atoms with Crippen LogP contribution in [0.4, 0.5) is 0 Å². The molecule has 274 valence electrons. The first kappa shape index (κ1) is 40.7. The normalized spacial score (nSPS) is 16.1. The van der Waals surface area contributed by atoms with Crippen LogP contribution in [0.15, 0.2) is 132 Å². The molecule has 2 aliphatic rings. The van der Waals surface area contributed by atoms with E-state index in [0.29, 0.717) is 7.25 Å². The van der Waals surface area contributed by atoms with Crippen LogP contribution < -0.4 is 24.8 Å². The average Bonchev–Trinajstić information content (AvgIpc) is 3.63. The van der Waals surface area contributed by atoms with E-state index >= 15 is 0 Å². The Bertz CT molecular complexity index is 2290. The smallest absolute Gasteiger partial charge is 1.00 e. The zero-order valence-corrected chi connectivity index (χ0v) is 38.0. The number of fused-ring (bicyclic) bond motifs is 4. The van der Waals surface area contributed by atoms with Gasteiger partial charge in [0.15, 0.2) is 0 Å². The third kappa shape index (κ3) is 7.71. The molecule has 8 rings (SSSR count). The van der Waals surface area contributed by atoms with E-state index in [1.807, 2.05) is 0 Å². The molecule has 0 bridgehead atoms. The quantitative estimate of drug-likeness (QED) is 0.148. The van der Waals surface area contributed by atoms with Crippen LogP contribution in [-0.4, -0.2) is 5.43 Å². The molecule has 54 heavy (non-hydrogen) atoms. The maximum absolute atomic E-state index is 2.68. The van der Waals surface area contributed by atoms with Gasteiger partial charge in [-0.1, -0.05) is 0 Å². The third-order valence-electron chi connectivity index (χ3n) is 11.1. The van der Waals surface area contributed by atoms with E-state index in [4.69, 9.17) is 0 Å². The number of hydrogen-bond acceptors (Lipinski definition) is 0. The number of halogens is 2. The summed E-state index contributed by atoms with van der Waals surface area (Å²) in [5.41, 5.74) is 15.0. The van der Waals surface area contributed by atoms with Crippen LogP contribution in [0.1, 0.15) is 83.9 Å². The molecule has 6 aromatic carbocycles. The molecule has 0 N–H and O–H groups in total. The van der Waals surface area contributed by atoms with E-state index in [-0.39, 0.29) is 35.6 Å². The maximum Gasteiger partial charge on any atom is -1.00 e. The van der Waals surface area contributed by atoms with Crippen molar-refractivity contribution in [3.8, 4) is 22.3 Å². The van der Waals surface area contributed by atoms with Gasteiger partial charge < -0.3 is 24.8 Å². The Morgan fingerprint density at radius 3 is 1.20 bits per heavy atom. The van der Waals surface area contributed by atoms with Crippen molar-refractivity contribution < 1.29 is 45.2 Å². The second-order valence-corrected chi connectivity index (χ2v) is 35.8. The Hall–Kier alpha value is -3.00. The van der Waals surface area contributed by atoms with Gasteiger partial charge >= 0.3 is 322 Å². The van der Waals surface area contributed by atoms with E-state index in [1.165, 1.54) is 54.9 Å². The molecule has 6 aromatic rings. The van der Waals surface area contributed by atoms with E-state index in [0.717, 1.165) is 12.8 Å². The van der Waals surface area contributed by atoms with Crippen molar-refractivity contribution in [2.24, 2.45) is 10.8 Å². The third-order valence-corrected chi connectivity index (χ3v) is 30.6. The fourth-order valence-electron chi connectivity index (χ4n) is 9.33. The summed E-state index contributed by atoms with van der Waals surface area (Å²) in [4.78, 5) is 0. The van der Waals surface area contributed by atoms with Crippen molar-refractivity contribution in [2.45, 2.75) is 74.7 Å². The second-order valence-electron chi connectivity index (χ2n) is 17.9. The van der Waals surface area contributed by atoms with Crippen LogP contribution in [0.3, 0.4) is 0 Å². The number of allylic oxidation sites excluding steroid dienone is 2. The number of hydrogen-bond donors (Lipinski definition) is 0. The standard InChI is InChI=1S/2C24H23.C2H6Si.2ClH.Zr/c2*1-24(2,3)16-17-14-19-10-7-13-22(23(19)15-17)21-12-6-9-18-8-4-5-11-20(18)21;1-3-2;;;/h2*4-15H,16H2,1-3H3;1-2H3;2*1H;/q;;;;;+2/p-2. The summed E-state index contributed by atoms with van der Waals surface area (Å²) in [6.45, 7) is 20.0. The monoisotopic (exact) mass is 840 g/mol. The minimum absolute atomic E-state index is 0. The largest absolute Gasteiger partial charge is 1.00 e.